The van der Waals surface area contributed by atoms with Crippen LogP contribution >= 0.6 is 11.8 Å². The molecular weight excluding hydrogens is 1420 g/mol. The lowest BCUT2D eigenvalue weighted by atomic mass is 9.98. The number of nitrogens with one attached hydrogen (secondary N) is 8. The van der Waals surface area contributed by atoms with Crippen molar-refractivity contribution in [3.05, 3.63) is 174 Å². The summed E-state index contributed by atoms with van der Waals surface area (Å²) in [4.78, 5) is 211. The number of carbonyl (C=O) groups is 14. The molecule has 582 valence electrons. The Hall–Kier alpha value is -11.6. The largest absolute Gasteiger partial charge is 0.508 e. The molecule has 0 bridgehead atoms. The first-order chi connectivity index (χ1) is 51.9. The monoisotopic (exact) mass is 1520 g/mol. The average molecular weight is 1520 g/mol. The number of benzene rings is 5. The van der Waals surface area contributed by atoms with Gasteiger partial charge in [-0.05, 0) is 58.4 Å². The summed E-state index contributed by atoms with van der Waals surface area (Å²) >= 11 is 0.855. The van der Waals surface area contributed by atoms with Gasteiger partial charge in [0.05, 0.1) is 31.8 Å². The van der Waals surface area contributed by atoms with Gasteiger partial charge in [0.15, 0.2) is 0 Å². The first kappa shape index (κ1) is 84.6. The minimum absolute atomic E-state index is 0.0654. The topological polar surface area (TPSA) is 422 Å². The number of hydrogen-bond acceptors (Lipinski definition) is 16. The van der Waals surface area contributed by atoms with E-state index in [1.807, 2.05) is 6.92 Å². The molecule has 1 fully saturated rings. The fraction of sp³-hybridized carbons (Fsp3) is 0.410. The highest BCUT2D eigenvalue weighted by Gasteiger charge is 2.41. The summed E-state index contributed by atoms with van der Waals surface area (Å²) in [5, 5.41) is 39.4. The van der Waals surface area contributed by atoms with E-state index < -0.39 is 175 Å². The van der Waals surface area contributed by atoms with Crippen molar-refractivity contribution in [3.63, 3.8) is 0 Å². The van der Waals surface area contributed by atoms with Crippen molar-refractivity contribution in [1.82, 2.24) is 66.7 Å². The second-order valence-corrected chi connectivity index (χ2v) is 28.5. The number of likely N-dealkylation sites (N-methyl/N-ethyl adjacent to an activating group) is 5. The number of rotatable bonds is 19. The second-order valence-electron chi connectivity index (χ2n) is 27.4. The van der Waals surface area contributed by atoms with E-state index in [1.54, 1.807) is 135 Å². The normalized spacial score (nSPS) is 21.8. The van der Waals surface area contributed by atoms with Crippen LogP contribution in [0.4, 0.5) is 0 Å². The van der Waals surface area contributed by atoms with Crippen molar-refractivity contribution < 1.29 is 77.3 Å². The van der Waals surface area contributed by atoms with Crippen molar-refractivity contribution >= 4 is 105 Å². The van der Waals surface area contributed by atoms with E-state index in [9.17, 15) is 53.4 Å². The smallest absolute Gasteiger partial charge is 0.305 e. The number of aromatic nitrogens is 1. The van der Waals surface area contributed by atoms with Crippen LogP contribution in [0.5, 0.6) is 5.75 Å². The zero-order valence-corrected chi connectivity index (χ0v) is 63.2. The van der Waals surface area contributed by atoms with Gasteiger partial charge in [0.25, 0.3) is 0 Å². The highest BCUT2D eigenvalue weighted by atomic mass is 32.2. The molecule has 13 amide bonds. The number of phenols is 1. The lowest BCUT2D eigenvalue weighted by Crippen LogP contribution is -2.61. The number of fused-ring (bicyclic) bond motifs is 1. The number of nitrogens with zero attached hydrogens (tertiary/aromatic N) is 5. The third kappa shape index (κ3) is 25.0. The number of thioether (sulfide) groups is 1. The predicted octanol–water partition coefficient (Wildman–Crippen LogP) is 1.36. The molecule has 0 unspecified atom stereocenters. The molecule has 0 radical (unpaired) electrons. The number of aromatic amines is 1. The molecule has 12 N–H and O–H groups in total. The van der Waals surface area contributed by atoms with E-state index in [4.69, 9.17) is 5.73 Å². The van der Waals surface area contributed by atoms with Gasteiger partial charge in [0.2, 0.25) is 76.8 Å². The van der Waals surface area contributed by atoms with Crippen LogP contribution in [0.1, 0.15) is 74.3 Å². The SMILES string of the molecule is CCCC[C@H]1C(=O)N(C)CC(=O)N[C@@H](CC(=O)O)C(=O)N[C@@H](C(C)C)C(=O)N(C)[C@@H](Cc2ccccc2)C(=O)N[C@@H](Cc2ccc(O)cc2)C(=O)N(C)CC(=O)N[C@@H](Cc2c[nH]c3ccccc23)C(=O)N[C@H](C(=O)NCC(N)=O)CSCC(=O)N[C@@H](Cc2ccccc2)C(=O)N(C)[C@@H](Cc2ccccc2)C(=O)N1C. The zero-order chi connectivity index (χ0) is 79.6. The van der Waals surface area contributed by atoms with Crippen LogP contribution in [0.15, 0.2) is 146 Å². The van der Waals surface area contributed by atoms with Crippen molar-refractivity contribution in [3.8, 4) is 5.75 Å². The molecule has 1 aliphatic heterocycles. The number of amides is 13. The lowest BCUT2D eigenvalue weighted by Gasteiger charge is -2.37. The van der Waals surface area contributed by atoms with Gasteiger partial charge in [-0.25, -0.2) is 0 Å². The predicted molar refractivity (Wildman–Crippen MR) is 407 cm³/mol. The molecule has 1 aromatic heterocycles. The number of carboxylic acid groups (broad SMARTS) is 1. The summed E-state index contributed by atoms with van der Waals surface area (Å²) in [7, 11) is 6.62. The van der Waals surface area contributed by atoms with Crippen LogP contribution in [0, 0.1) is 5.92 Å². The molecule has 0 spiro atoms. The highest BCUT2D eigenvalue weighted by Crippen LogP contribution is 2.23. The van der Waals surface area contributed by atoms with Crippen molar-refractivity contribution in [2.75, 3.05) is 66.4 Å². The Morgan fingerprint density at radius 3 is 1.59 bits per heavy atom. The van der Waals surface area contributed by atoms with E-state index in [2.05, 4.69) is 42.2 Å². The summed E-state index contributed by atoms with van der Waals surface area (Å²) in [6.45, 7) is 2.83. The van der Waals surface area contributed by atoms with Gasteiger partial charge < -0.3 is 82.6 Å². The van der Waals surface area contributed by atoms with Gasteiger partial charge in [0, 0.05) is 90.2 Å². The Labute approximate surface area is 636 Å². The van der Waals surface area contributed by atoms with Crippen molar-refractivity contribution in [2.24, 2.45) is 11.7 Å². The number of carboxylic acids is 1. The second kappa shape index (κ2) is 40.9. The number of aliphatic carboxylic acids is 1. The Morgan fingerprint density at radius 1 is 0.523 bits per heavy atom. The van der Waals surface area contributed by atoms with Gasteiger partial charge in [-0.2, -0.15) is 0 Å². The summed E-state index contributed by atoms with van der Waals surface area (Å²) < 4.78 is 0. The molecule has 0 aliphatic carbocycles. The summed E-state index contributed by atoms with van der Waals surface area (Å²) in [6.07, 6.45) is 0.811. The number of primary amides is 1. The Morgan fingerprint density at radius 2 is 1.02 bits per heavy atom. The fourth-order valence-corrected chi connectivity index (χ4v) is 13.5. The third-order valence-corrected chi connectivity index (χ3v) is 19.7. The summed E-state index contributed by atoms with van der Waals surface area (Å²) in [5.41, 5.74) is 8.85. The maximum absolute atomic E-state index is 15.4. The minimum Gasteiger partial charge on any atom is -0.508 e. The number of unbranched alkanes of at least 4 members (excludes halogenated alkanes) is 1. The van der Waals surface area contributed by atoms with E-state index in [-0.39, 0.29) is 50.0 Å². The number of phenolic OH excluding ortho intramolecular Hbond substituents is 1. The Balaban J connectivity index is 1.31. The van der Waals surface area contributed by atoms with E-state index >= 15 is 24.0 Å². The number of para-hydroxylation sites is 1. The first-order valence-electron chi connectivity index (χ1n) is 35.8. The third-order valence-electron chi connectivity index (χ3n) is 18.7. The molecular formula is C78H98N14O16S. The molecule has 109 heavy (non-hydrogen) atoms. The van der Waals surface area contributed by atoms with Gasteiger partial charge in [-0.15, -0.1) is 11.8 Å². The molecule has 31 heteroatoms. The molecule has 30 nitrogen and oxygen atoms in total. The summed E-state index contributed by atoms with van der Waals surface area (Å²) in [6, 6.07) is 25.4. The maximum atomic E-state index is 15.4. The standard InChI is InChI=1S/C78H98N14O16S/c1-9-10-30-61-76(106)89(5)44-66(96)83-57(40-68(98)99)72(102)87-69(47(2)3)78(108)91(7)62(37-49-24-16-12-17-25-49)73(103)85-58(36-51-31-33-53(93)34-32-51)74(104)88(4)43-65(95)82-56(39-52-41-80-55-29-21-20-28-54(52)55)71(101)86-60(70(100)81-42-64(79)94)45-109-46-67(97)84-59(35-48-22-14-11-15-23-48)75(105)92(8)63(77(107)90(61)6)38-50-26-18-13-19-27-50/h11-29,31-34,41,47,56-63,69,80,93H,9-10,30,35-40,42-46H2,1-8H3,(H2,79,94)(H,81,100)(H,82,95)(H,83,96)(H,84,97)(H,85,103)(H,86,101)(H,87,102)(H,98,99)/t56-,57-,58-,59-,60-,61-,62-,63-,69-/m0/s1. The maximum Gasteiger partial charge on any atom is 0.305 e. The summed E-state index contributed by atoms with van der Waals surface area (Å²) in [5.74, 6) is -14.5. The number of H-pyrrole nitrogens is 1. The molecule has 0 saturated carbocycles. The number of carbonyl (C=O) groups excluding carboxylic acids is 13. The molecule has 6 aromatic rings. The van der Waals surface area contributed by atoms with Gasteiger partial charge in [-0.3, -0.25) is 67.1 Å². The Bertz CT molecular complexity index is 4190. The van der Waals surface area contributed by atoms with E-state index in [0.717, 1.165) is 26.5 Å². The first-order valence-corrected chi connectivity index (χ1v) is 37.0. The minimum atomic E-state index is -1.86. The highest BCUT2D eigenvalue weighted by molar-refractivity contribution is 8.00. The molecule has 1 aliphatic rings. The van der Waals surface area contributed by atoms with Crippen LogP contribution in [0.25, 0.3) is 10.9 Å². The number of nitrogens with two attached hydrogens (primary N) is 1. The van der Waals surface area contributed by atoms with Gasteiger partial charge in [0.1, 0.15) is 60.1 Å². The van der Waals surface area contributed by atoms with Gasteiger partial charge in [-0.1, -0.05) is 155 Å². The number of hydrogen-bond donors (Lipinski definition) is 11. The quantitative estimate of drug-likeness (QED) is 0.0545. The van der Waals surface area contributed by atoms with Crippen LogP contribution < -0.4 is 43.0 Å². The lowest BCUT2D eigenvalue weighted by molar-refractivity contribution is -0.151. The Kier molecular flexibility index (Phi) is 31.8. The fourth-order valence-electron chi connectivity index (χ4n) is 12.6. The van der Waals surface area contributed by atoms with E-state index in [1.165, 1.54) is 69.3 Å². The molecule has 7 rings (SSSR count). The van der Waals surface area contributed by atoms with Crippen LogP contribution in [-0.2, 0) is 99.2 Å². The molecule has 1 saturated heterocycles. The number of aromatic hydroxyl groups is 1. The molecule has 9 atom stereocenters. The van der Waals surface area contributed by atoms with Crippen LogP contribution in [0.3, 0.4) is 0 Å². The van der Waals surface area contributed by atoms with E-state index in [0.29, 0.717) is 51.6 Å². The van der Waals surface area contributed by atoms with Crippen molar-refractivity contribution in [2.45, 2.75) is 133 Å². The zero-order valence-electron chi connectivity index (χ0n) is 62.4. The average Bonchev–Trinajstić information content (AvgIpc) is 1.09. The van der Waals surface area contributed by atoms with Crippen molar-refractivity contribution in [1.29, 1.82) is 0 Å². The van der Waals surface area contributed by atoms with Gasteiger partial charge >= 0.3 is 5.97 Å². The molecule has 5 aromatic carbocycles. The van der Waals surface area contributed by atoms with Crippen LogP contribution in [-0.4, -0.2) is 243 Å². The van der Waals surface area contributed by atoms with Crippen LogP contribution in [0.2, 0.25) is 0 Å². The molecule has 2 heterocycles.